The first-order chi connectivity index (χ1) is 16.2. The summed E-state index contributed by atoms with van der Waals surface area (Å²) in [6.07, 6.45) is 2.46. The number of aliphatic hydroxyl groups excluding tert-OH is 1. The van der Waals surface area contributed by atoms with Crippen molar-refractivity contribution in [3.05, 3.63) is 68.8 Å². The van der Waals surface area contributed by atoms with E-state index in [1.165, 1.54) is 14.7 Å². The highest BCUT2D eigenvalue weighted by atomic mass is 127. The van der Waals surface area contributed by atoms with Crippen molar-refractivity contribution in [3.63, 3.8) is 0 Å². The number of nitrogens with zero attached hydrogens (tertiary/aromatic N) is 1. The van der Waals surface area contributed by atoms with Crippen LogP contribution >= 0.6 is 22.6 Å². The van der Waals surface area contributed by atoms with Crippen LogP contribution in [0.1, 0.15) is 36.5 Å². The Bertz CT molecular complexity index is 1010. The van der Waals surface area contributed by atoms with Crippen molar-refractivity contribution in [1.29, 1.82) is 0 Å². The lowest BCUT2D eigenvalue weighted by Crippen LogP contribution is -2.48. The molecular weight excluding hydrogens is 557 g/mol. The van der Waals surface area contributed by atoms with Crippen LogP contribution in [-0.4, -0.2) is 53.9 Å². The molecule has 5 nitrogen and oxygen atoms in total. The van der Waals surface area contributed by atoms with Crippen LogP contribution in [0.2, 0.25) is 18.6 Å². The van der Waals surface area contributed by atoms with Gasteiger partial charge in [0, 0.05) is 15.7 Å². The van der Waals surface area contributed by atoms with Gasteiger partial charge in [-0.3, -0.25) is 4.79 Å². The molecule has 0 aliphatic carbocycles. The summed E-state index contributed by atoms with van der Waals surface area (Å²) in [4.78, 5) is 26.5. The summed E-state index contributed by atoms with van der Waals surface area (Å²) in [6.45, 7) is 6.57. The van der Waals surface area contributed by atoms with Gasteiger partial charge in [-0.2, -0.15) is 0 Å². The van der Waals surface area contributed by atoms with E-state index in [1.54, 1.807) is 0 Å². The number of hydrogen-bond donors (Lipinski definition) is 2. The Morgan fingerprint density at radius 1 is 1.15 bits per heavy atom. The van der Waals surface area contributed by atoms with Gasteiger partial charge in [0.15, 0.2) is 8.32 Å². The van der Waals surface area contributed by atoms with Crippen molar-refractivity contribution in [1.82, 2.24) is 4.90 Å². The van der Waals surface area contributed by atoms with E-state index in [0.717, 1.165) is 18.4 Å². The topological polar surface area (TPSA) is 70.0 Å². The zero-order valence-electron chi connectivity index (χ0n) is 20.3. The molecule has 34 heavy (non-hydrogen) atoms. The zero-order valence-corrected chi connectivity index (χ0v) is 23.4. The van der Waals surface area contributed by atoms with E-state index in [-0.39, 0.29) is 48.6 Å². The fourth-order valence-corrected chi connectivity index (χ4v) is 9.16. The minimum absolute atomic E-state index is 0.00186. The molecule has 2 aliphatic heterocycles. The molecule has 1 saturated heterocycles. The summed E-state index contributed by atoms with van der Waals surface area (Å²) in [5.41, 5.74) is 3.64. The van der Waals surface area contributed by atoms with E-state index < -0.39 is 8.32 Å². The van der Waals surface area contributed by atoms with Crippen molar-refractivity contribution >= 4 is 36.8 Å². The third kappa shape index (κ3) is 5.75. The van der Waals surface area contributed by atoms with Crippen LogP contribution in [0.3, 0.4) is 0 Å². The highest BCUT2D eigenvalue weighted by Crippen LogP contribution is 2.46. The molecule has 2 aliphatic rings. The minimum Gasteiger partial charge on any atom is -0.432 e. The van der Waals surface area contributed by atoms with Gasteiger partial charge in [0.2, 0.25) is 5.91 Å². The van der Waals surface area contributed by atoms with Crippen LogP contribution in [0, 0.1) is 9.49 Å². The van der Waals surface area contributed by atoms with Crippen LogP contribution in [0.15, 0.2) is 48.5 Å². The number of hydrogen-bond acceptors (Lipinski definition) is 4. The summed E-state index contributed by atoms with van der Waals surface area (Å²) in [7, 11) is -2.55. The van der Waals surface area contributed by atoms with E-state index in [9.17, 15) is 14.7 Å². The van der Waals surface area contributed by atoms with Gasteiger partial charge in [0.05, 0.1) is 31.3 Å². The standard InChI is InChI=1S/C27H36INO4Si/c1-18-24(12-11-19-7-6-10-22(28)13-19)33-25(27(18)34(2,3)32)15-26(31)29-16-21-9-5-4-8-20(21)14-23(29)17-30/h4-10,13,18,23-25,27,30,32H,11-12,14-17H2,1-3H3/t18-,23+,24+,25-,27+/m1/s1. The highest BCUT2D eigenvalue weighted by molar-refractivity contribution is 14.1. The van der Waals surface area contributed by atoms with Crippen LogP contribution < -0.4 is 0 Å². The molecular formula is C27H36INO4Si. The molecule has 5 atom stereocenters. The average molecular weight is 594 g/mol. The number of carbonyl (C=O) groups is 1. The molecule has 0 bridgehead atoms. The number of benzene rings is 2. The zero-order chi connectivity index (χ0) is 24.5. The normalized spacial score (nSPS) is 27.0. The molecule has 0 saturated carbocycles. The van der Waals surface area contributed by atoms with Gasteiger partial charge in [-0.1, -0.05) is 43.3 Å². The lowest BCUT2D eigenvalue weighted by Gasteiger charge is -2.37. The van der Waals surface area contributed by atoms with Crippen molar-refractivity contribution in [2.24, 2.45) is 5.92 Å². The Morgan fingerprint density at radius 3 is 2.56 bits per heavy atom. The number of halogens is 1. The van der Waals surface area contributed by atoms with E-state index in [2.05, 4.69) is 65.9 Å². The highest BCUT2D eigenvalue weighted by Gasteiger charge is 2.50. The Balaban J connectivity index is 1.47. The van der Waals surface area contributed by atoms with Gasteiger partial charge in [-0.15, -0.1) is 0 Å². The molecule has 0 radical (unpaired) electrons. The van der Waals surface area contributed by atoms with Crippen molar-refractivity contribution < 1.29 is 19.4 Å². The van der Waals surface area contributed by atoms with Crippen molar-refractivity contribution in [2.75, 3.05) is 6.61 Å². The lowest BCUT2D eigenvalue weighted by atomic mass is 9.93. The number of ether oxygens (including phenoxy) is 1. The summed E-state index contributed by atoms with van der Waals surface area (Å²) in [6, 6.07) is 16.5. The van der Waals surface area contributed by atoms with Gasteiger partial charge >= 0.3 is 0 Å². The molecule has 0 unspecified atom stereocenters. The molecule has 2 N–H and O–H groups in total. The summed E-state index contributed by atoms with van der Waals surface area (Å²) in [5, 5.41) is 10.0. The van der Waals surface area contributed by atoms with Crippen molar-refractivity contribution in [3.8, 4) is 0 Å². The molecule has 2 aromatic rings. The second-order valence-corrected chi connectivity index (χ2v) is 15.7. The molecule has 4 rings (SSSR count). The first-order valence-corrected chi connectivity index (χ1v) is 16.4. The van der Waals surface area contributed by atoms with Crippen molar-refractivity contribution in [2.45, 2.75) is 76.0 Å². The van der Waals surface area contributed by atoms with Gasteiger partial charge in [0.1, 0.15) is 0 Å². The third-order valence-corrected chi connectivity index (χ3v) is 10.8. The smallest absolute Gasteiger partial charge is 0.225 e. The van der Waals surface area contributed by atoms with E-state index in [1.807, 2.05) is 30.1 Å². The quantitative estimate of drug-likeness (QED) is 0.366. The van der Waals surface area contributed by atoms with Crippen LogP contribution in [-0.2, 0) is 28.9 Å². The first-order valence-electron chi connectivity index (χ1n) is 12.3. The average Bonchev–Trinajstić information content (AvgIpc) is 3.11. The predicted octanol–water partition coefficient (Wildman–Crippen LogP) is 4.53. The maximum absolute atomic E-state index is 13.5. The second kappa shape index (κ2) is 10.8. The summed E-state index contributed by atoms with van der Waals surface area (Å²) < 4.78 is 7.75. The van der Waals surface area contributed by atoms with E-state index in [4.69, 9.17) is 4.74 Å². The summed E-state index contributed by atoms with van der Waals surface area (Å²) in [5.74, 6) is 0.204. The number of aliphatic hydroxyl groups is 1. The van der Waals surface area contributed by atoms with Gasteiger partial charge < -0.3 is 19.5 Å². The van der Waals surface area contributed by atoms with Crippen LogP contribution in [0.4, 0.5) is 0 Å². The number of amides is 1. The van der Waals surface area contributed by atoms with Gasteiger partial charge in [-0.05, 0) is 89.7 Å². The number of rotatable bonds is 7. The molecule has 1 amide bonds. The molecule has 2 aromatic carbocycles. The number of carbonyl (C=O) groups excluding carboxylic acids is 1. The monoisotopic (exact) mass is 593 g/mol. The molecule has 7 heteroatoms. The molecule has 0 aromatic heterocycles. The molecule has 2 heterocycles. The number of aryl methyl sites for hydroxylation is 1. The summed E-state index contributed by atoms with van der Waals surface area (Å²) >= 11 is 2.34. The fraction of sp³-hybridized carbons (Fsp3) is 0.519. The Morgan fingerprint density at radius 2 is 1.88 bits per heavy atom. The van der Waals surface area contributed by atoms with E-state index >= 15 is 0 Å². The van der Waals surface area contributed by atoms with Gasteiger partial charge in [-0.25, -0.2) is 0 Å². The van der Waals surface area contributed by atoms with E-state index in [0.29, 0.717) is 13.0 Å². The molecule has 0 spiro atoms. The second-order valence-electron chi connectivity index (χ2n) is 10.5. The van der Waals surface area contributed by atoms with Crippen LogP contribution in [0.25, 0.3) is 0 Å². The minimum atomic E-state index is -2.55. The maximum atomic E-state index is 13.5. The molecule has 1 fully saturated rings. The maximum Gasteiger partial charge on any atom is 0.225 e. The van der Waals surface area contributed by atoms with Crippen LogP contribution in [0.5, 0.6) is 0 Å². The Labute approximate surface area is 217 Å². The first kappa shape index (κ1) is 25.8. The largest absolute Gasteiger partial charge is 0.432 e. The SMILES string of the molecule is C[C@H]1[C@H]([Si](C)(C)O)[C@@H](CC(=O)N2Cc3ccccc3C[C@H]2CO)O[C@H]1CCc1cccc(I)c1. The predicted molar refractivity (Wildman–Crippen MR) is 145 cm³/mol. The lowest BCUT2D eigenvalue weighted by molar-refractivity contribution is -0.138. The number of fused-ring (bicyclic) bond motifs is 1. The van der Waals surface area contributed by atoms with Gasteiger partial charge in [0.25, 0.3) is 0 Å². The Kier molecular flexibility index (Phi) is 8.19. The molecule has 184 valence electrons. The fourth-order valence-electron chi connectivity index (χ4n) is 5.94. The third-order valence-electron chi connectivity index (χ3n) is 7.59. The Hall–Kier alpha value is -1.26.